The molecule has 0 atom stereocenters. The number of aryl methyl sites for hydroxylation is 1. The number of amides is 1. The van der Waals surface area contributed by atoms with Gasteiger partial charge in [0.1, 0.15) is 4.88 Å². The summed E-state index contributed by atoms with van der Waals surface area (Å²) in [5.74, 6) is 1.13. The van der Waals surface area contributed by atoms with E-state index >= 15 is 0 Å². The number of rotatable bonds is 6. The van der Waals surface area contributed by atoms with Crippen molar-refractivity contribution in [2.45, 2.75) is 26.7 Å². The summed E-state index contributed by atoms with van der Waals surface area (Å²) >= 11 is 1.50. The summed E-state index contributed by atoms with van der Waals surface area (Å²) in [6.45, 7) is 11.3. The molecule has 1 fully saturated rings. The van der Waals surface area contributed by atoms with Crippen molar-refractivity contribution < 1.29 is 4.79 Å². The van der Waals surface area contributed by atoms with Gasteiger partial charge in [0.05, 0.1) is 10.7 Å². The van der Waals surface area contributed by atoms with Crippen molar-refractivity contribution in [2.24, 2.45) is 0 Å². The third-order valence-electron chi connectivity index (χ3n) is 4.43. The molecule has 3 heterocycles. The van der Waals surface area contributed by atoms with Gasteiger partial charge in [-0.05, 0) is 13.0 Å². The van der Waals surface area contributed by atoms with Crippen LogP contribution in [0.2, 0.25) is 0 Å². The van der Waals surface area contributed by atoms with E-state index < -0.39 is 0 Å². The second kappa shape index (κ2) is 8.55. The molecule has 26 heavy (non-hydrogen) atoms. The number of nitrogens with one attached hydrogen (secondary N) is 1. The number of carbonyl (C=O) groups is 1. The first kappa shape index (κ1) is 18.7. The Hall–Kier alpha value is -2.06. The molecule has 3 rings (SSSR count). The Morgan fingerprint density at radius 3 is 2.54 bits per heavy atom. The highest BCUT2D eigenvalue weighted by Gasteiger charge is 2.20. The minimum atomic E-state index is -0.0109. The normalized spacial score (nSPS) is 15.5. The molecule has 1 saturated heterocycles. The fraction of sp³-hybridized carbons (Fsp3) is 0.556. The van der Waals surface area contributed by atoms with Crippen molar-refractivity contribution in [3.63, 3.8) is 0 Å². The Morgan fingerprint density at radius 2 is 1.92 bits per heavy atom. The number of piperazine rings is 1. The zero-order valence-electron chi connectivity index (χ0n) is 15.6. The van der Waals surface area contributed by atoms with Crippen molar-refractivity contribution in [1.29, 1.82) is 0 Å². The number of hydrogen-bond donors (Lipinski definition) is 1. The van der Waals surface area contributed by atoms with Gasteiger partial charge in [0.15, 0.2) is 0 Å². The Kier molecular flexibility index (Phi) is 6.16. The number of anilines is 1. The summed E-state index contributed by atoms with van der Waals surface area (Å²) in [5.41, 5.74) is 0.827. The van der Waals surface area contributed by atoms with E-state index in [2.05, 4.69) is 43.9 Å². The lowest BCUT2D eigenvalue weighted by Crippen LogP contribution is -2.49. The monoisotopic (exact) mass is 374 g/mol. The lowest BCUT2D eigenvalue weighted by molar-refractivity contribution is 0.0951. The lowest BCUT2D eigenvalue weighted by atomic mass is 10.2. The van der Waals surface area contributed by atoms with E-state index in [1.165, 1.54) is 11.3 Å². The molecule has 0 unspecified atom stereocenters. The Balaban J connectivity index is 1.42. The molecule has 2 aromatic heterocycles. The SMILES string of the molecule is Cc1nc(C(C)C)sc1C(=O)NCCN1CCN(c2ncccn2)CC1. The van der Waals surface area contributed by atoms with Gasteiger partial charge in [-0.1, -0.05) is 13.8 Å². The quantitative estimate of drug-likeness (QED) is 0.833. The van der Waals surface area contributed by atoms with Crippen molar-refractivity contribution in [1.82, 2.24) is 25.2 Å². The maximum absolute atomic E-state index is 12.4. The van der Waals surface area contributed by atoms with E-state index in [1.807, 2.05) is 13.0 Å². The molecule has 1 amide bonds. The molecule has 2 aromatic rings. The van der Waals surface area contributed by atoms with Gasteiger partial charge >= 0.3 is 0 Å². The zero-order valence-corrected chi connectivity index (χ0v) is 16.4. The first-order valence-corrected chi connectivity index (χ1v) is 9.86. The summed E-state index contributed by atoms with van der Waals surface area (Å²) in [6, 6.07) is 1.83. The maximum atomic E-state index is 12.4. The Labute approximate surface area is 158 Å². The zero-order chi connectivity index (χ0) is 18.5. The summed E-state index contributed by atoms with van der Waals surface area (Å²) in [4.78, 5) is 30.8. The van der Waals surface area contributed by atoms with Gasteiger partial charge in [0, 0.05) is 57.6 Å². The van der Waals surface area contributed by atoms with E-state index in [1.54, 1.807) is 12.4 Å². The van der Waals surface area contributed by atoms with Crippen LogP contribution in [0.5, 0.6) is 0 Å². The molecular weight excluding hydrogens is 348 g/mol. The van der Waals surface area contributed by atoms with E-state index in [0.717, 1.165) is 54.3 Å². The third-order valence-corrected chi connectivity index (χ3v) is 5.89. The molecule has 140 valence electrons. The largest absolute Gasteiger partial charge is 0.350 e. The smallest absolute Gasteiger partial charge is 0.263 e. The number of thiazole rings is 1. The Morgan fingerprint density at radius 1 is 1.23 bits per heavy atom. The molecule has 8 heteroatoms. The van der Waals surface area contributed by atoms with Crippen LogP contribution in [-0.2, 0) is 0 Å². The van der Waals surface area contributed by atoms with Crippen molar-refractivity contribution in [3.05, 3.63) is 34.0 Å². The van der Waals surface area contributed by atoms with Gasteiger partial charge in [0.2, 0.25) is 5.95 Å². The van der Waals surface area contributed by atoms with Gasteiger partial charge in [0.25, 0.3) is 5.91 Å². The van der Waals surface area contributed by atoms with E-state index in [0.29, 0.717) is 12.5 Å². The van der Waals surface area contributed by atoms with Crippen LogP contribution in [0.25, 0.3) is 0 Å². The van der Waals surface area contributed by atoms with Gasteiger partial charge < -0.3 is 10.2 Å². The van der Waals surface area contributed by atoms with Crippen LogP contribution in [0.4, 0.5) is 5.95 Å². The van der Waals surface area contributed by atoms with Gasteiger partial charge in [-0.3, -0.25) is 9.69 Å². The van der Waals surface area contributed by atoms with Crippen molar-refractivity contribution in [3.8, 4) is 0 Å². The predicted molar refractivity (Wildman–Crippen MR) is 104 cm³/mol. The minimum Gasteiger partial charge on any atom is -0.350 e. The Bertz CT molecular complexity index is 725. The number of hydrogen-bond acceptors (Lipinski definition) is 7. The van der Waals surface area contributed by atoms with Crippen LogP contribution in [0, 0.1) is 6.92 Å². The van der Waals surface area contributed by atoms with E-state index in [4.69, 9.17) is 0 Å². The highest BCUT2D eigenvalue weighted by molar-refractivity contribution is 7.13. The van der Waals surface area contributed by atoms with Crippen molar-refractivity contribution in [2.75, 3.05) is 44.2 Å². The molecule has 0 radical (unpaired) electrons. The topological polar surface area (TPSA) is 74.2 Å². The van der Waals surface area contributed by atoms with Gasteiger partial charge in [-0.15, -0.1) is 11.3 Å². The van der Waals surface area contributed by atoms with E-state index in [9.17, 15) is 4.79 Å². The van der Waals surface area contributed by atoms with Crippen LogP contribution in [0.15, 0.2) is 18.5 Å². The van der Waals surface area contributed by atoms with Crippen LogP contribution in [0.1, 0.15) is 40.1 Å². The van der Waals surface area contributed by atoms with Crippen molar-refractivity contribution >= 4 is 23.2 Å². The predicted octanol–water partition coefficient (Wildman–Crippen LogP) is 1.92. The first-order valence-electron chi connectivity index (χ1n) is 9.04. The molecule has 1 aliphatic heterocycles. The molecule has 1 aliphatic rings. The standard InChI is InChI=1S/C18H26N6OS/c1-13(2)17-22-14(3)15(26-17)16(25)19-7-8-23-9-11-24(12-10-23)18-20-5-4-6-21-18/h4-6,13H,7-12H2,1-3H3,(H,19,25). The summed E-state index contributed by atoms with van der Waals surface area (Å²) in [7, 11) is 0. The fourth-order valence-corrected chi connectivity index (χ4v) is 3.89. The van der Waals surface area contributed by atoms with Crippen LogP contribution in [0.3, 0.4) is 0 Å². The number of aromatic nitrogens is 3. The second-order valence-electron chi connectivity index (χ2n) is 6.75. The van der Waals surface area contributed by atoms with Crippen LogP contribution in [-0.4, -0.2) is 65.0 Å². The molecule has 0 aromatic carbocycles. The van der Waals surface area contributed by atoms with Gasteiger partial charge in [-0.2, -0.15) is 0 Å². The average Bonchev–Trinajstić information content (AvgIpc) is 3.05. The highest BCUT2D eigenvalue weighted by atomic mass is 32.1. The molecule has 1 N–H and O–H groups in total. The van der Waals surface area contributed by atoms with Crippen LogP contribution >= 0.6 is 11.3 Å². The molecule has 0 aliphatic carbocycles. The lowest BCUT2D eigenvalue weighted by Gasteiger charge is -2.34. The molecular formula is C18H26N6OS. The molecule has 0 bridgehead atoms. The third kappa shape index (κ3) is 4.56. The second-order valence-corrected chi connectivity index (χ2v) is 7.79. The van der Waals surface area contributed by atoms with Gasteiger partial charge in [-0.25, -0.2) is 15.0 Å². The molecule has 0 spiro atoms. The molecule has 0 saturated carbocycles. The van der Waals surface area contributed by atoms with Crippen LogP contribution < -0.4 is 10.2 Å². The molecule has 7 nitrogen and oxygen atoms in total. The minimum absolute atomic E-state index is 0.0109. The first-order chi connectivity index (χ1) is 12.5. The number of nitrogens with zero attached hydrogens (tertiary/aromatic N) is 5. The summed E-state index contributed by atoms with van der Waals surface area (Å²) in [5, 5.41) is 4.05. The summed E-state index contributed by atoms with van der Waals surface area (Å²) < 4.78 is 0. The average molecular weight is 375 g/mol. The van der Waals surface area contributed by atoms with E-state index in [-0.39, 0.29) is 5.91 Å². The fourth-order valence-electron chi connectivity index (χ4n) is 2.91. The highest BCUT2D eigenvalue weighted by Crippen LogP contribution is 2.24. The summed E-state index contributed by atoms with van der Waals surface area (Å²) in [6.07, 6.45) is 3.55. The maximum Gasteiger partial charge on any atom is 0.263 e. The number of carbonyl (C=O) groups excluding carboxylic acids is 1.